The molecule has 0 aromatic rings. The van der Waals surface area contributed by atoms with Crippen LogP contribution in [0.1, 0.15) is 59.8 Å². The lowest BCUT2D eigenvalue weighted by atomic mass is 10.1. The number of halogens is 3. The van der Waals surface area contributed by atoms with Crippen LogP contribution in [0, 0.1) is 5.92 Å². The molecule has 0 aliphatic carbocycles. The van der Waals surface area contributed by atoms with Crippen LogP contribution in [0.15, 0.2) is 0 Å². The molecule has 1 heterocycles. The Bertz CT molecular complexity index is 344. The fourth-order valence-electron chi connectivity index (χ4n) is 2.92. The molecule has 3 nitrogen and oxygen atoms in total. The second-order valence-electron chi connectivity index (χ2n) is 6.42. The summed E-state index contributed by atoms with van der Waals surface area (Å²) in [6, 6.07) is -1.15. The molecule has 1 amide bonds. The zero-order valence-corrected chi connectivity index (χ0v) is 13.3. The van der Waals surface area contributed by atoms with E-state index in [-0.39, 0.29) is 18.1 Å². The third-order valence-corrected chi connectivity index (χ3v) is 3.82. The van der Waals surface area contributed by atoms with Crippen LogP contribution < -0.4 is 5.32 Å². The van der Waals surface area contributed by atoms with Gasteiger partial charge >= 0.3 is 6.18 Å². The summed E-state index contributed by atoms with van der Waals surface area (Å²) < 4.78 is 37.9. The van der Waals surface area contributed by atoms with E-state index in [1.165, 1.54) is 11.8 Å². The topological polar surface area (TPSA) is 32.3 Å². The highest BCUT2D eigenvalue weighted by atomic mass is 19.4. The van der Waals surface area contributed by atoms with Crippen LogP contribution in [-0.2, 0) is 4.79 Å². The van der Waals surface area contributed by atoms with E-state index in [0.29, 0.717) is 18.8 Å². The highest BCUT2D eigenvalue weighted by Crippen LogP contribution is 2.29. The van der Waals surface area contributed by atoms with E-state index in [9.17, 15) is 18.0 Å². The van der Waals surface area contributed by atoms with Gasteiger partial charge in [0.2, 0.25) is 5.91 Å². The molecule has 3 unspecified atom stereocenters. The Morgan fingerprint density at radius 1 is 1.29 bits per heavy atom. The molecular formula is C15H27F3N2O. The van der Waals surface area contributed by atoms with Crippen LogP contribution in [0.25, 0.3) is 0 Å². The molecule has 1 fully saturated rings. The summed E-state index contributed by atoms with van der Waals surface area (Å²) in [6.07, 6.45) is -2.23. The van der Waals surface area contributed by atoms with Gasteiger partial charge < -0.3 is 4.90 Å². The Morgan fingerprint density at radius 2 is 1.90 bits per heavy atom. The van der Waals surface area contributed by atoms with E-state index in [0.717, 1.165) is 12.8 Å². The zero-order valence-electron chi connectivity index (χ0n) is 13.3. The van der Waals surface area contributed by atoms with Crippen molar-refractivity contribution in [1.29, 1.82) is 0 Å². The van der Waals surface area contributed by atoms with Gasteiger partial charge in [0.15, 0.2) is 0 Å². The summed E-state index contributed by atoms with van der Waals surface area (Å²) in [7, 11) is 0. The van der Waals surface area contributed by atoms with Crippen LogP contribution in [-0.4, -0.2) is 35.2 Å². The molecule has 124 valence electrons. The Morgan fingerprint density at radius 3 is 2.38 bits per heavy atom. The molecular weight excluding hydrogens is 281 g/mol. The van der Waals surface area contributed by atoms with Crippen molar-refractivity contribution < 1.29 is 18.0 Å². The monoisotopic (exact) mass is 308 g/mol. The van der Waals surface area contributed by atoms with Gasteiger partial charge in [0, 0.05) is 6.04 Å². The van der Waals surface area contributed by atoms with Crippen molar-refractivity contribution in [2.45, 2.75) is 84.2 Å². The van der Waals surface area contributed by atoms with Crippen molar-refractivity contribution in [3.8, 4) is 0 Å². The molecule has 0 bridgehead atoms. The maximum Gasteiger partial charge on any atom is 0.391 e. The Labute approximate surface area is 125 Å². The van der Waals surface area contributed by atoms with Crippen LogP contribution in [0.3, 0.4) is 0 Å². The van der Waals surface area contributed by atoms with E-state index in [1.807, 2.05) is 20.8 Å². The predicted molar refractivity (Wildman–Crippen MR) is 76.7 cm³/mol. The van der Waals surface area contributed by atoms with Gasteiger partial charge in [0.05, 0.1) is 18.6 Å². The predicted octanol–water partition coefficient (Wildman–Crippen LogP) is 3.69. The number of hydrogen-bond acceptors (Lipinski definition) is 2. The highest BCUT2D eigenvalue weighted by molar-refractivity contribution is 5.84. The van der Waals surface area contributed by atoms with E-state index in [2.05, 4.69) is 5.32 Å². The van der Waals surface area contributed by atoms with E-state index in [1.54, 1.807) is 0 Å². The first-order valence-corrected chi connectivity index (χ1v) is 7.80. The minimum atomic E-state index is -4.25. The normalized spacial score (nSPS) is 25.0. The fourth-order valence-corrected chi connectivity index (χ4v) is 2.92. The molecule has 0 saturated carbocycles. The molecule has 0 aromatic carbocycles. The SMILES string of the molecule is CCCCC1NC(CC(C)C)N(C(C)CC(F)(F)F)C1=O. The molecule has 6 heteroatoms. The summed E-state index contributed by atoms with van der Waals surface area (Å²) in [4.78, 5) is 13.9. The van der Waals surface area contributed by atoms with E-state index < -0.39 is 18.6 Å². The Kier molecular flexibility index (Phi) is 6.50. The molecule has 1 rings (SSSR count). The number of nitrogens with one attached hydrogen (secondary N) is 1. The van der Waals surface area contributed by atoms with Gasteiger partial charge in [-0.15, -0.1) is 0 Å². The molecule has 1 aliphatic heterocycles. The van der Waals surface area contributed by atoms with Gasteiger partial charge in [0.25, 0.3) is 0 Å². The lowest BCUT2D eigenvalue weighted by molar-refractivity contribution is -0.153. The molecule has 1 N–H and O–H groups in total. The second kappa shape index (κ2) is 7.47. The summed E-state index contributed by atoms with van der Waals surface area (Å²) >= 11 is 0. The number of hydrogen-bond donors (Lipinski definition) is 1. The Hall–Kier alpha value is -0.780. The number of unbranched alkanes of at least 4 members (excludes halogenated alkanes) is 1. The Balaban J connectivity index is 2.81. The van der Waals surface area contributed by atoms with Gasteiger partial charge in [-0.1, -0.05) is 33.6 Å². The third kappa shape index (κ3) is 5.49. The number of rotatable bonds is 7. The van der Waals surface area contributed by atoms with Crippen LogP contribution in [0.4, 0.5) is 13.2 Å². The number of alkyl halides is 3. The summed E-state index contributed by atoms with van der Waals surface area (Å²) in [5, 5.41) is 3.23. The largest absolute Gasteiger partial charge is 0.391 e. The molecule has 0 aromatic heterocycles. The highest BCUT2D eigenvalue weighted by Gasteiger charge is 2.43. The number of carbonyl (C=O) groups is 1. The standard InChI is InChI=1S/C15H27F3N2O/c1-5-6-7-12-14(21)20(11(4)9-15(16,17)18)13(19-12)8-10(2)3/h10-13,19H,5-9H2,1-4H3. The molecule has 1 saturated heterocycles. The average Bonchev–Trinajstić information content (AvgIpc) is 2.60. The van der Waals surface area contributed by atoms with Crippen molar-refractivity contribution in [3.05, 3.63) is 0 Å². The van der Waals surface area contributed by atoms with Crippen LogP contribution in [0.2, 0.25) is 0 Å². The summed E-state index contributed by atoms with van der Waals surface area (Å²) in [5.74, 6) is 0.145. The zero-order chi connectivity index (χ0) is 16.2. The van der Waals surface area contributed by atoms with Crippen molar-refractivity contribution in [2.75, 3.05) is 0 Å². The second-order valence-corrected chi connectivity index (χ2v) is 6.42. The number of carbonyl (C=O) groups excluding carboxylic acids is 1. The lowest BCUT2D eigenvalue weighted by Gasteiger charge is -2.31. The third-order valence-electron chi connectivity index (χ3n) is 3.82. The van der Waals surface area contributed by atoms with Crippen molar-refractivity contribution in [2.24, 2.45) is 5.92 Å². The lowest BCUT2D eigenvalue weighted by Crippen LogP contribution is -2.45. The summed E-state index contributed by atoms with van der Waals surface area (Å²) in [5.41, 5.74) is 0. The molecule has 0 spiro atoms. The molecule has 0 radical (unpaired) electrons. The first kappa shape index (κ1) is 18.3. The van der Waals surface area contributed by atoms with Gasteiger partial charge in [0.1, 0.15) is 0 Å². The first-order chi connectivity index (χ1) is 9.65. The number of amides is 1. The van der Waals surface area contributed by atoms with Crippen molar-refractivity contribution in [1.82, 2.24) is 10.2 Å². The fraction of sp³-hybridized carbons (Fsp3) is 0.933. The van der Waals surface area contributed by atoms with Crippen LogP contribution in [0.5, 0.6) is 0 Å². The number of nitrogens with zero attached hydrogens (tertiary/aromatic N) is 1. The molecule has 1 aliphatic rings. The average molecular weight is 308 g/mol. The van der Waals surface area contributed by atoms with Gasteiger partial charge in [-0.25, -0.2) is 0 Å². The molecule has 3 atom stereocenters. The molecule has 21 heavy (non-hydrogen) atoms. The minimum Gasteiger partial charge on any atom is -0.323 e. The van der Waals surface area contributed by atoms with Crippen molar-refractivity contribution >= 4 is 5.91 Å². The van der Waals surface area contributed by atoms with Gasteiger partial charge in [-0.2, -0.15) is 13.2 Å². The minimum absolute atomic E-state index is 0.175. The van der Waals surface area contributed by atoms with Gasteiger partial charge in [-0.3, -0.25) is 10.1 Å². The maximum absolute atomic E-state index is 12.6. The summed E-state index contributed by atoms with van der Waals surface area (Å²) in [6.45, 7) is 7.55. The van der Waals surface area contributed by atoms with Crippen LogP contribution >= 0.6 is 0 Å². The maximum atomic E-state index is 12.6. The quantitative estimate of drug-likeness (QED) is 0.778. The van der Waals surface area contributed by atoms with Gasteiger partial charge in [-0.05, 0) is 25.7 Å². The smallest absolute Gasteiger partial charge is 0.323 e. The van der Waals surface area contributed by atoms with Crippen molar-refractivity contribution in [3.63, 3.8) is 0 Å². The first-order valence-electron chi connectivity index (χ1n) is 7.80. The van der Waals surface area contributed by atoms with E-state index >= 15 is 0 Å². The van der Waals surface area contributed by atoms with E-state index in [4.69, 9.17) is 0 Å².